The lowest BCUT2D eigenvalue weighted by Crippen LogP contribution is -2.37. The molecule has 1 aliphatic heterocycles. The van der Waals surface area contributed by atoms with Crippen LogP contribution in [0.15, 0.2) is 23.5 Å². The Kier molecular flexibility index (Phi) is 6.36. The van der Waals surface area contributed by atoms with E-state index in [-0.39, 0.29) is 5.97 Å². The molecule has 29 heavy (non-hydrogen) atoms. The molecule has 2 aromatic rings. The SMILES string of the molecule is CCCCOC(=O)C1C(C)=Nc2ncnn2C1c1cc(OC)c(OC)cc1OC. The fourth-order valence-electron chi connectivity index (χ4n) is 3.42. The van der Waals surface area contributed by atoms with E-state index in [1.807, 2.05) is 6.92 Å². The number of aromatic nitrogens is 3. The van der Waals surface area contributed by atoms with Gasteiger partial charge in [0.1, 0.15) is 24.0 Å². The van der Waals surface area contributed by atoms with Crippen LogP contribution in [0.4, 0.5) is 5.95 Å². The van der Waals surface area contributed by atoms with Crippen LogP contribution in [0, 0.1) is 5.92 Å². The number of unbranched alkanes of at least 4 members (excludes halogenated alkanes) is 1. The number of carbonyl (C=O) groups excluding carboxylic acids is 1. The van der Waals surface area contributed by atoms with Crippen molar-refractivity contribution in [1.29, 1.82) is 0 Å². The molecule has 0 amide bonds. The molecule has 1 aliphatic rings. The monoisotopic (exact) mass is 402 g/mol. The second kappa shape index (κ2) is 8.93. The summed E-state index contributed by atoms with van der Waals surface area (Å²) < 4.78 is 23.6. The quantitative estimate of drug-likeness (QED) is 0.495. The van der Waals surface area contributed by atoms with E-state index in [2.05, 4.69) is 15.1 Å². The van der Waals surface area contributed by atoms with Gasteiger partial charge >= 0.3 is 5.97 Å². The average Bonchev–Trinajstić information content (AvgIpc) is 3.19. The predicted octanol–water partition coefficient (Wildman–Crippen LogP) is 2.96. The second-order valence-electron chi connectivity index (χ2n) is 6.65. The highest BCUT2D eigenvalue weighted by Gasteiger charge is 2.41. The molecule has 0 aliphatic carbocycles. The van der Waals surface area contributed by atoms with Crippen molar-refractivity contribution in [2.24, 2.45) is 10.9 Å². The molecule has 3 rings (SSSR count). The molecule has 0 spiro atoms. The third-order valence-electron chi connectivity index (χ3n) is 4.91. The Balaban J connectivity index is 2.13. The van der Waals surface area contributed by atoms with Gasteiger partial charge in [0.05, 0.1) is 27.9 Å². The molecule has 0 N–H and O–H groups in total. The highest BCUT2D eigenvalue weighted by Crippen LogP contribution is 2.44. The summed E-state index contributed by atoms with van der Waals surface area (Å²) in [6.07, 6.45) is 3.15. The van der Waals surface area contributed by atoms with E-state index in [9.17, 15) is 4.79 Å². The summed E-state index contributed by atoms with van der Waals surface area (Å²) >= 11 is 0. The van der Waals surface area contributed by atoms with Gasteiger partial charge in [-0.15, -0.1) is 0 Å². The number of esters is 1. The van der Waals surface area contributed by atoms with Crippen molar-refractivity contribution < 1.29 is 23.7 Å². The standard InChI is InChI=1S/C20H26N4O5/c1-6-7-8-29-19(25)17-12(2)23-20-21-11-22-24(20)18(17)13-9-15(27-4)16(28-5)10-14(13)26-3/h9-11,17-18H,6-8H2,1-5H3. The van der Waals surface area contributed by atoms with Gasteiger partial charge in [-0.3, -0.25) is 4.79 Å². The van der Waals surface area contributed by atoms with Gasteiger partial charge in [-0.05, 0) is 19.4 Å². The highest BCUT2D eigenvalue weighted by molar-refractivity contribution is 6.03. The first-order valence-electron chi connectivity index (χ1n) is 9.46. The first kappa shape index (κ1) is 20.6. The molecule has 2 unspecified atom stereocenters. The van der Waals surface area contributed by atoms with Gasteiger partial charge in [-0.2, -0.15) is 10.1 Å². The van der Waals surface area contributed by atoms with Gasteiger partial charge in [0.15, 0.2) is 11.5 Å². The largest absolute Gasteiger partial charge is 0.496 e. The lowest BCUT2D eigenvalue weighted by molar-refractivity contribution is -0.147. The Morgan fingerprint density at radius 3 is 2.45 bits per heavy atom. The maximum Gasteiger partial charge on any atom is 0.317 e. The van der Waals surface area contributed by atoms with Crippen LogP contribution in [0.3, 0.4) is 0 Å². The number of hydrogen-bond acceptors (Lipinski definition) is 8. The molecule has 9 heteroatoms. The van der Waals surface area contributed by atoms with E-state index >= 15 is 0 Å². The van der Waals surface area contributed by atoms with E-state index in [1.165, 1.54) is 6.33 Å². The number of rotatable bonds is 8. The lowest BCUT2D eigenvalue weighted by atomic mass is 9.87. The van der Waals surface area contributed by atoms with Gasteiger partial charge in [0.2, 0.25) is 5.95 Å². The van der Waals surface area contributed by atoms with Crippen LogP contribution in [0.25, 0.3) is 0 Å². The summed E-state index contributed by atoms with van der Waals surface area (Å²) in [7, 11) is 4.67. The average molecular weight is 402 g/mol. The third-order valence-corrected chi connectivity index (χ3v) is 4.91. The van der Waals surface area contributed by atoms with Gasteiger partial charge in [-0.1, -0.05) is 13.3 Å². The lowest BCUT2D eigenvalue weighted by Gasteiger charge is -2.31. The minimum absolute atomic E-state index is 0.359. The zero-order valence-electron chi connectivity index (χ0n) is 17.3. The minimum Gasteiger partial charge on any atom is -0.496 e. The number of fused-ring (bicyclic) bond motifs is 1. The van der Waals surface area contributed by atoms with Crippen LogP contribution in [0.5, 0.6) is 17.2 Å². The molecule has 9 nitrogen and oxygen atoms in total. The summed E-state index contributed by atoms with van der Waals surface area (Å²) in [5, 5.41) is 4.31. The molecule has 0 fully saturated rings. The number of aliphatic imine (C=N–C) groups is 1. The van der Waals surface area contributed by atoms with E-state index < -0.39 is 12.0 Å². The molecule has 0 saturated carbocycles. The van der Waals surface area contributed by atoms with Crippen LogP contribution >= 0.6 is 0 Å². The number of benzene rings is 1. The van der Waals surface area contributed by atoms with Gasteiger partial charge in [0, 0.05) is 17.3 Å². The van der Waals surface area contributed by atoms with E-state index in [0.29, 0.717) is 41.1 Å². The zero-order chi connectivity index (χ0) is 21.0. The van der Waals surface area contributed by atoms with Crippen LogP contribution in [-0.2, 0) is 9.53 Å². The molecule has 156 valence electrons. The summed E-state index contributed by atoms with van der Waals surface area (Å²) in [6, 6.07) is 2.97. The Bertz CT molecular complexity index is 908. The summed E-state index contributed by atoms with van der Waals surface area (Å²) in [5.41, 5.74) is 1.30. The third kappa shape index (κ3) is 3.90. The highest BCUT2D eigenvalue weighted by atomic mass is 16.5. The summed E-state index contributed by atoms with van der Waals surface area (Å²) in [5.74, 6) is 0.964. The first-order valence-corrected chi connectivity index (χ1v) is 9.46. The number of nitrogens with zero attached hydrogens (tertiary/aromatic N) is 4. The van der Waals surface area contributed by atoms with E-state index in [0.717, 1.165) is 12.8 Å². The smallest absolute Gasteiger partial charge is 0.317 e. The molecule has 0 radical (unpaired) electrons. The first-order chi connectivity index (χ1) is 14.0. The molecule has 2 heterocycles. The Labute approximate surface area is 169 Å². The molecule has 2 atom stereocenters. The fraction of sp³-hybridized carbons (Fsp3) is 0.500. The topological polar surface area (TPSA) is 97.1 Å². The summed E-state index contributed by atoms with van der Waals surface area (Å²) in [4.78, 5) is 21.7. The van der Waals surface area contributed by atoms with Crippen molar-refractivity contribution in [3.05, 3.63) is 24.0 Å². The molecular formula is C20H26N4O5. The Morgan fingerprint density at radius 2 is 1.79 bits per heavy atom. The molecule has 1 aromatic heterocycles. The molecule has 1 aromatic carbocycles. The maximum absolute atomic E-state index is 13.0. The minimum atomic E-state index is -0.673. The van der Waals surface area contributed by atoms with Gasteiger partial charge < -0.3 is 18.9 Å². The van der Waals surface area contributed by atoms with Crippen LogP contribution in [0.1, 0.15) is 38.3 Å². The second-order valence-corrected chi connectivity index (χ2v) is 6.65. The summed E-state index contributed by atoms with van der Waals surface area (Å²) in [6.45, 7) is 4.20. The molecular weight excluding hydrogens is 376 g/mol. The molecule has 0 saturated heterocycles. The maximum atomic E-state index is 13.0. The Morgan fingerprint density at radius 1 is 1.10 bits per heavy atom. The van der Waals surface area contributed by atoms with Crippen molar-refractivity contribution in [3.63, 3.8) is 0 Å². The predicted molar refractivity (Wildman–Crippen MR) is 106 cm³/mol. The van der Waals surface area contributed by atoms with Crippen molar-refractivity contribution in [3.8, 4) is 17.2 Å². The fourth-order valence-corrected chi connectivity index (χ4v) is 3.42. The number of hydrogen-bond donors (Lipinski definition) is 0. The number of methoxy groups -OCH3 is 3. The number of ether oxygens (including phenoxy) is 4. The van der Waals surface area contributed by atoms with E-state index in [4.69, 9.17) is 18.9 Å². The van der Waals surface area contributed by atoms with Crippen molar-refractivity contribution in [2.45, 2.75) is 32.7 Å². The van der Waals surface area contributed by atoms with Crippen molar-refractivity contribution in [2.75, 3.05) is 27.9 Å². The van der Waals surface area contributed by atoms with Crippen molar-refractivity contribution >= 4 is 17.6 Å². The number of carbonyl (C=O) groups is 1. The van der Waals surface area contributed by atoms with Gasteiger partial charge in [-0.25, -0.2) is 9.67 Å². The zero-order valence-corrected chi connectivity index (χ0v) is 17.3. The van der Waals surface area contributed by atoms with Crippen LogP contribution in [-0.4, -0.2) is 54.4 Å². The normalized spacial score (nSPS) is 17.9. The molecule has 0 bridgehead atoms. The van der Waals surface area contributed by atoms with E-state index in [1.54, 1.807) is 45.1 Å². The van der Waals surface area contributed by atoms with Crippen LogP contribution < -0.4 is 14.2 Å². The Hall–Kier alpha value is -3.10. The van der Waals surface area contributed by atoms with Crippen molar-refractivity contribution in [1.82, 2.24) is 14.8 Å². The van der Waals surface area contributed by atoms with Gasteiger partial charge in [0.25, 0.3) is 0 Å². The van der Waals surface area contributed by atoms with Crippen LogP contribution in [0.2, 0.25) is 0 Å².